The summed E-state index contributed by atoms with van der Waals surface area (Å²) in [5.41, 5.74) is 9.00. The van der Waals surface area contributed by atoms with Crippen LogP contribution in [-0.4, -0.2) is 24.0 Å². The second-order valence-electron chi connectivity index (χ2n) is 8.64. The predicted octanol–water partition coefficient (Wildman–Crippen LogP) is 5.32. The monoisotopic (exact) mass is 413 g/mol. The number of nitrogens with zero attached hydrogens (tertiary/aromatic N) is 1. The summed E-state index contributed by atoms with van der Waals surface area (Å²) in [6, 6.07) is 0. The van der Waals surface area contributed by atoms with Gasteiger partial charge in [0.05, 0.1) is 12.8 Å². The van der Waals surface area contributed by atoms with Gasteiger partial charge in [0.25, 0.3) is 0 Å². The van der Waals surface area contributed by atoms with Gasteiger partial charge in [0.1, 0.15) is 11.5 Å². The van der Waals surface area contributed by atoms with Gasteiger partial charge >= 0.3 is 5.97 Å². The first-order valence-corrected chi connectivity index (χ1v) is 10.6. The second kappa shape index (κ2) is 9.59. The van der Waals surface area contributed by atoms with Crippen LogP contribution in [0.4, 0.5) is 0 Å². The van der Waals surface area contributed by atoms with Crippen molar-refractivity contribution < 1.29 is 18.8 Å². The first kappa shape index (κ1) is 23.8. The lowest BCUT2D eigenvalue weighted by atomic mass is 9.81. The average Bonchev–Trinajstić information content (AvgIpc) is 3.04. The summed E-state index contributed by atoms with van der Waals surface area (Å²) in [5.74, 6) is 0.319. The standard InChI is InChI=1S/C25H35NO4/c1-13(10-24(28)29-9)22(25-19(7)20(8)30-26-25)11-21(27)12-23-17(5)15(3)14(2)16(4)18(23)6/h13,22H,10-12H2,1-9H3/t13-,22?/m0/s1. The number of hydrogen-bond donors (Lipinski definition) is 0. The molecular weight excluding hydrogens is 378 g/mol. The smallest absolute Gasteiger partial charge is 0.305 e. The predicted molar refractivity (Wildman–Crippen MR) is 118 cm³/mol. The van der Waals surface area contributed by atoms with Gasteiger partial charge in [-0.1, -0.05) is 12.1 Å². The Bertz CT molecular complexity index is 926. The molecule has 2 atom stereocenters. The first-order chi connectivity index (χ1) is 14.0. The minimum absolute atomic E-state index is 0.0896. The number of methoxy groups -OCH3 is 1. The highest BCUT2D eigenvalue weighted by Crippen LogP contribution is 2.34. The van der Waals surface area contributed by atoms with E-state index in [2.05, 4.69) is 39.8 Å². The third-order valence-electron chi connectivity index (χ3n) is 6.92. The molecular formula is C25H35NO4. The number of rotatable bonds is 8. The molecule has 0 aliphatic heterocycles. The summed E-state index contributed by atoms with van der Waals surface area (Å²) in [7, 11) is 1.38. The van der Waals surface area contributed by atoms with Crippen molar-refractivity contribution in [3.05, 3.63) is 50.4 Å². The fraction of sp³-hybridized carbons (Fsp3) is 0.560. The van der Waals surface area contributed by atoms with Crippen LogP contribution in [0.25, 0.3) is 0 Å². The highest BCUT2D eigenvalue weighted by molar-refractivity contribution is 5.83. The highest BCUT2D eigenvalue weighted by Gasteiger charge is 2.30. The molecule has 30 heavy (non-hydrogen) atoms. The highest BCUT2D eigenvalue weighted by atomic mass is 16.5. The van der Waals surface area contributed by atoms with Crippen LogP contribution >= 0.6 is 0 Å². The minimum atomic E-state index is -0.283. The summed E-state index contributed by atoms with van der Waals surface area (Å²) in [4.78, 5) is 25.1. The first-order valence-electron chi connectivity index (χ1n) is 10.6. The molecule has 0 saturated carbocycles. The third-order valence-corrected chi connectivity index (χ3v) is 6.92. The van der Waals surface area contributed by atoms with Crippen LogP contribution in [0.15, 0.2) is 4.52 Å². The van der Waals surface area contributed by atoms with Crippen molar-refractivity contribution in [2.45, 2.75) is 80.6 Å². The molecule has 0 spiro atoms. The topological polar surface area (TPSA) is 69.4 Å². The summed E-state index contributed by atoms with van der Waals surface area (Å²) >= 11 is 0. The normalized spacial score (nSPS) is 13.2. The second-order valence-corrected chi connectivity index (χ2v) is 8.64. The van der Waals surface area contributed by atoms with Gasteiger partial charge in [0.15, 0.2) is 0 Å². The lowest BCUT2D eigenvalue weighted by molar-refractivity contribution is -0.142. The Hall–Kier alpha value is -2.43. The molecule has 5 heteroatoms. The summed E-state index contributed by atoms with van der Waals surface area (Å²) in [6.45, 7) is 16.3. The molecule has 1 aromatic heterocycles. The number of aryl methyl sites for hydroxylation is 1. The maximum absolute atomic E-state index is 13.2. The van der Waals surface area contributed by atoms with E-state index >= 15 is 0 Å². The zero-order valence-corrected chi connectivity index (χ0v) is 19.9. The Labute approximate surface area is 180 Å². The van der Waals surface area contributed by atoms with Crippen molar-refractivity contribution in [3.63, 3.8) is 0 Å². The van der Waals surface area contributed by atoms with E-state index in [-0.39, 0.29) is 30.0 Å². The molecule has 0 aliphatic carbocycles. The van der Waals surface area contributed by atoms with Gasteiger partial charge in [0, 0.05) is 30.7 Å². The van der Waals surface area contributed by atoms with E-state index in [0.717, 1.165) is 22.6 Å². The largest absolute Gasteiger partial charge is 0.469 e. The fourth-order valence-electron chi connectivity index (χ4n) is 4.19. The number of hydrogen-bond acceptors (Lipinski definition) is 5. The molecule has 0 bridgehead atoms. The Morgan fingerprint density at radius 1 is 0.867 bits per heavy atom. The average molecular weight is 414 g/mol. The third kappa shape index (κ3) is 4.82. The van der Waals surface area contributed by atoms with Gasteiger partial charge in [0.2, 0.25) is 0 Å². The molecule has 5 nitrogen and oxygen atoms in total. The Morgan fingerprint density at radius 3 is 1.87 bits per heavy atom. The van der Waals surface area contributed by atoms with E-state index in [1.807, 2.05) is 20.8 Å². The van der Waals surface area contributed by atoms with Gasteiger partial charge in [-0.15, -0.1) is 0 Å². The van der Waals surface area contributed by atoms with Crippen molar-refractivity contribution in [2.24, 2.45) is 5.92 Å². The van der Waals surface area contributed by atoms with Gasteiger partial charge in [-0.3, -0.25) is 9.59 Å². The number of benzene rings is 1. The molecule has 0 N–H and O–H groups in total. The molecule has 0 aliphatic rings. The lowest BCUT2D eigenvalue weighted by Gasteiger charge is -2.23. The number of carbonyl (C=O) groups excluding carboxylic acids is 2. The maximum atomic E-state index is 13.2. The Balaban J connectivity index is 2.33. The minimum Gasteiger partial charge on any atom is -0.469 e. The van der Waals surface area contributed by atoms with Crippen LogP contribution in [0.1, 0.15) is 76.1 Å². The molecule has 1 heterocycles. The molecule has 0 fully saturated rings. The molecule has 0 amide bonds. The van der Waals surface area contributed by atoms with Crippen LogP contribution < -0.4 is 0 Å². The van der Waals surface area contributed by atoms with Crippen molar-refractivity contribution in [1.82, 2.24) is 5.16 Å². The van der Waals surface area contributed by atoms with Crippen LogP contribution in [-0.2, 0) is 20.7 Å². The molecule has 0 radical (unpaired) electrons. The molecule has 0 saturated heterocycles. The van der Waals surface area contributed by atoms with E-state index in [9.17, 15) is 9.59 Å². The number of Topliss-reactive ketones (excluding diaryl/α,β-unsaturated/α-hetero) is 1. The van der Waals surface area contributed by atoms with E-state index in [1.165, 1.54) is 34.9 Å². The van der Waals surface area contributed by atoms with Crippen molar-refractivity contribution in [1.29, 1.82) is 0 Å². The van der Waals surface area contributed by atoms with Crippen molar-refractivity contribution in [3.8, 4) is 0 Å². The van der Waals surface area contributed by atoms with Gasteiger partial charge in [-0.05, 0) is 87.8 Å². The van der Waals surface area contributed by atoms with Gasteiger partial charge < -0.3 is 9.26 Å². The van der Waals surface area contributed by atoms with Crippen LogP contribution in [0.3, 0.4) is 0 Å². The number of carbonyl (C=O) groups is 2. The van der Waals surface area contributed by atoms with E-state index in [4.69, 9.17) is 9.26 Å². The van der Waals surface area contributed by atoms with Crippen LogP contribution in [0.2, 0.25) is 0 Å². The van der Waals surface area contributed by atoms with E-state index in [0.29, 0.717) is 12.8 Å². The van der Waals surface area contributed by atoms with E-state index < -0.39 is 0 Å². The Kier molecular flexibility index (Phi) is 7.62. The van der Waals surface area contributed by atoms with Crippen molar-refractivity contribution >= 4 is 11.8 Å². The zero-order valence-electron chi connectivity index (χ0n) is 19.9. The molecule has 1 unspecified atom stereocenters. The quantitative estimate of drug-likeness (QED) is 0.548. The summed E-state index contributed by atoms with van der Waals surface area (Å²) in [6.07, 6.45) is 0.938. The molecule has 2 rings (SSSR count). The Morgan fingerprint density at radius 2 is 1.40 bits per heavy atom. The zero-order chi connectivity index (χ0) is 22.7. The molecule has 2 aromatic rings. The SMILES string of the molecule is COC(=O)C[C@H](C)C(CC(=O)Cc1c(C)c(C)c(C)c(C)c1C)c1noc(C)c1C. The van der Waals surface area contributed by atoms with E-state index in [1.54, 1.807) is 0 Å². The van der Waals surface area contributed by atoms with Gasteiger partial charge in [-0.2, -0.15) is 0 Å². The summed E-state index contributed by atoms with van der Waals surface area (Å²) in [5, 5.41) is 4.23. The summed E-state index contributed by atoms with van der Waals surface area (Å²) < 4.78 is 10.2. The molecule has 1 aromatic carbocycles. The van der Waals surface area contributed by atoms with Crippen molar-refractivity contribution in [2.75, 3.05) is 7.11 Å². The number of esters is 1. The number of aromatic nitrogens is 1. The van der Waals surface area contributed by atoms with Crippen LogP contribution in [0.5, 0.6) is 0 Å². The molecule has 164 valence electrons. The number of ketones is 1. The number of ether oxygens (including phenoxy) is 1. The lowest BCUT2D eigenvalue weighted by Crippen LogP contribution is -2.21. The maximum Gasteiger partial charge on any atom is 0.305 e. The van der Waals surface area contributed by atoms with Gasteiger partial charge in [-0.25, -0.2) is 0 Å². The van der Waals surface area contributed by atoms with Crippen LogP contribution in [0, 0.1) is 54.4 Å². The fourth-order valence-corrected chi connectivity index (χ4v) is 4.19.